The first kappa shape index (κ1) is 14.7. The Morgan fingerprint density at radius 1 is 1.58 bits per heavy atom. The zero-order valence-corrected chi connectivity index (χ0v) is 12.2. The Hall–Kier alpha value is -0.690. The standard InChI is InChI=1S/C12H17N3O2S.ClH/c16-11(6-8-2-1-4-13-8)15-12-14-9-3-5-17-7-10(9)18-12;/h8,13H,1-7H2,(H,14,15,16);1H. The molecule has 5 nitrogen and oxygen atoms in total. The number of halogens is 1. The van der Waals surface area contributed by atoms with Gasteiger partial charge in [-0.25, -0.2) is 4.98 Å². The lowest BCUT2D eigenvalue weighted by molar-refractivity contribution is -0.116. The lowest BCUT2D eigenvalue weighted by atomic mass is 10.1. The van der Waals surface area contributed by atoms with Crippen LogP contribution in [0.1, 0.15) is 29.8 Å². The molecule has 7 heteroatoms. The molecule has 19 heavy (non-hydrogen) atoms. The smallest absolute Gasteiger partial charge is 0.227 e. The fraction of sp³-hybridized carbons (Fsp3) is 0.667. The molecule has 2 N–H and O–H groups in total. The molecule has 1 atom stereocenters. The molecule has 0 bridgehead atoms. The van der Waals surface area contributed by atoms with Crippen molar-refractivity contribution < 1.29 is 9.53 Å². The van der Waals surface area contributed by atoms with Gasteiger partial charge < -0.3 is 15.4 Å². The summed E-state index contributed by atoms with van der Waals surface area (Å²) >= 11 is 1.53. The largest absolute Gasteiger partial charge is 0.375 e. The van der Waals surface area contributed by atoms with Crippen LogP contribution in [0.15, 0.2) is 0 Å². The Labute approximate surface area is 122 Å². The number of aromatic nitrogens is 1. The predicted molar refractivity (Wildman–Crippen MR) is 77.0 cm³/mol. The van der Waals surface area contributed by atoms with Gasteiger partial charge in [-0.1, -0.05) is 11.3 Å². The van der Waals surface area contributed by atoms with Crippen molar-refractivity contribution in [2.45, 2.75) is 38.3 Å². The average Bonchev–Trinajstić information content (AvgIpc) is 2.96. The summed E-state index contributed by atoms with van der Waals surface area (Å²) in [7, 11) is 0. The van der Waals surface area contributed by atoms with Gasteiger partial charge in [0.2, 0.25) is 5.91 Å². The average molecular weight is 304 g/mol. The summed E-state index contributed by atoms with van der Waals surface area (Å²) in [6.45, 7) is 2.39. The molecule has 0 radical (unpaired) electrons. The van der Waals surface area contributed by atoms with Gasteiger partial charge in [-0.2, -0.15) is 0 Å². The number of hydrogen-bond donors (Lipinski definition) is 2. The summed E-state index contributed by atoms with van der Waals surface area (Å²) in [5.41, 5.74) is 1.08. The lowest BCUT2D eigenvalue weighted by Gasteiger charge is -2.08. The van der Waals surface area contributed by atoms with Crippen LogP contribution in [0.3, 0.4) is 0 Å². The van der Waals surface area contributed by atoms with Crippen LogP contribution in [0.2, 0.25) is 0 Å². The number of carbonyl (C=O) groups is 1. The van der Waals surface area contributed by atoms with Gasteiger partial charge in [0, 0.05) is 18.9 Å². The van der Waals surface area contributed by atoms with E-state index in [4.69, 9.17) is 4.74 Å². The summed E-state index contributed by atoms with van der Waals surface area (Å²) in [5.74, 6) is 0.0569. The van der Waals surface area contributed by atoms with Crippen LogP contribution < -0.4 is 10.6 Å². The predicted octanol–water partition coefficient (Wildman–Crippen LogP) is 1.72. The van der Waals surface area contributed by atoms with Crippen LogP contribution >= 0.6 is 23.7 Å². The van der Waals surface area contributed by atoms with Gasteiger partial charge in [-0.3, -0.25) is 4.79 Å². The molecule has 106 valence electrons. The molecule has 0 saturated carbocycles. The minimum absolute atomic E-state index is 0. The number of amides is 1. The number of nitrogens with one attached hydrogen (secondary N) is 2. The highest BCUT2D eigenvalue weighted by Gasteiger charge is 2.20. The number of rotatable bonds is 3. The molecule has 2 aliphatic rings. The van der Waals surface area contributed by atoms with Crippen LogP contribution in [0, 0.1) is 0 Å². The summed E-state index contributed by atoms with van der Waals surface area (Å²) in [6, 6.07) is 0.336. The molecule has 3 rings (SSSR count). The van der Waals surface area contributed by atoms with Gasteiger partial charge in [-0.05, 0) is 19.4 Å². The van der Waals surface area contributed by atoms with E-state index in [1.54, 1.807) is 0 Å². The summed E-state index contributed by atoms with van der Waals surface area (Å²) < 4.78 is 5.37. The molecule has 0 spiro atoms. The number of ether oxygens (including phenoxy) is 1. The number of hydrogen-bond acceptors (Lipinski definition) is 5. The van der Waals surface area contributed by atoms with Gasteiger partial charge in [0.25, 0.3) is 0 Å². The zero-order valence-electron chi connectivity index (χ0n) is 10.6. The van der Waals surface area contributed by atoms with E-state index in [1.165, 1.54) is 17.8 Å². The monoisotopic (exact) mass is 303 g/mol. The molecule has 2 aliphatic heterocycles. The minimum Gasteiger partial charge on any atom is -0.375 e. The molecule has 1 aromatic rings. The first-order valence-corrected chi connectivity index (χ1v) is 7.22. The van der Waals surface area contributed by atoms with Crippen LogP contribution in [0.4, 0.5) is 5.13 Å². The van der Waals surface area contributed by atoms with E-state index in [9.17, 15) is 4.79 Å². The molecule has 1 aromatic heterocycles. The minimum atomic E-state index is 0. The second-order valence-electron chi connectivity index (χ2n) is 4.74. The molecular weight excluding hydrogens is 286 g/mol. The van der Waals surface area contributed by atoms with Gasteiger partial charge >= 0.3 is 0 Å². The van der Waals surface area contributed by atoms with Crippen LogP contribution in [-0.2, 0) is 22.6 Å². The van der Waals surface area contributed by atoms with Crippen molar-refractivity contribution in [2.24, 2.45) is 0 Å². The second kappa shape index (κ2) is 6.65. The van der Waals surface area contributed by atoms with Crippen molar-refractivity contribution in [2.75, 3.05) is 18.5 Å². The van der Waals surface area contributed by atoms with Crippen LogP contribution in [-0.4, -0.2) is 30.1 Å². The summed E-state index contributed by atoms with van der Waals surface area (Å²) in [5, 5.41) is 6.94. The number of thiazole rings is 1. The van der Waals surface area contributed by atoms with E-state index in [0.717, 1.165) is 36.6 Å². The van der Waals surface area contributed by atoms with E-state index in [1.807, 2.05) is 0 Å². The Kier molecular flexibility index (Phi) is 5.15. The van der Waals surface area contributed by atoms with E-state index in [-0.39, 0.29) is 18.3 Å². The van der Waals surface area contributed by atoms with Crippen LogP contribution in [0.5, 0.6) is 0 Å². The second-order valence-corrected chi connectivity index (χ2v) is 5.82. The Bertz CT molecular complexity index is 423. The molecule has 1 amide bonds. The quantitative estimate of drug-likeness (QED) is 0.892. The van der Waals surface area contributed by atoms with Crippen molar-refractivity contribution in [1.29, 1.82) is 0 Å². The first-order chi connectivity index (χ1) is 8.81. The molecule has 1 saturated heterocycles. The molecule has 1 fully saturated rings. The third-order valence-electron chi connectivity index (χ3n) is 3.34. The van der Waals surface area contributed by atoms with Crippen molar-refractivity contribution in [3.63, 3.8) is 0 Å². The zero-order chi connectivity index (χ0) is 12.4. The molecule has 0 aliphatic carbocycles. The number of fused-ring (bicyclic) bond motifs is 1. The fourth-order valence-electron chi connectivity index (χ4n) is 2.40. The topological polar surface area (TPSA) is 63.2 Å². The summed E-state index contributed by atoms with van der Waals surface area (Å²) in [4.78, 5) is 17.5. The lowest BCUT2D eigenvalue weighted by Crippen LogP contribution is -2.27. The maximum absolute atomic E-state index is 11.9. The third kappa shape index (κ3) is 3.66. The highest BCUT2D eigenvalue weighted by atomic mass is 35.5. The van der Waals surface area contributed by atoms with Gasteiger partial charge in [-0.15, -0.1) is 12.4 Å². The number of anilines is 1. The van der Waals surface area contributed by atoms with E-state index in [0.29, 0.717) is 24.2 Å². The number of carbonyl (C=O) groups excluding carboxylic acids is 1. The van der Waals surface area contributed by atoms with Crippen molar-refractivity contribution in [1.82, 2.24) is 10.3 Å². The van der Waals surface area contributed by atoms with E-state index < -0.39 is 0 Å². The van der Waals surface area contributed by atoms with E-state index in [2.05, 4.69) is 15.6 Å². The van der Waals surface area contributed by atoms with Gasteiger partial charge in [0.05, 0.1) is 23.8 Å². The molecule has 1 unspecified atom stereocenters. The van der Waals surface area contributed by atoms with Crippen molar-refractivity contribution >= 4 is 34.8 Å². The normalized spacial score (nSPS) is 21.6. The molecule has 3 heterocycles. The van der Waals surface area contributed by atoms with Gasteiger partial charge in [0.1, 0.15) is 0 Å². The molecule has 0 aromatic carbocycles. The van der Waals surface area contributed by atoms with Crippen molar-refractivity contribution in [3.05, 3.63) is 10.6 Å². The summed E-state index contributed by atoms with van der Waals surface area (Å²) in [6.07, 6.45) is 3.66. The maximum atomic E-state index is 11.9. The maximum Gasteiger partial charge on any atom is 0.227 e. The first-order valence-electron chi connectivity index (χ1n) is 6.41. The fourth-order valence-corrected chi connectivity index (χ4v) is 3.37. The van der Waals surface area contributed by atoms with E-state index >= 15 is 0 Å². The Morgan fingerprint density at radius 2 is 2.47 bits per heavy atom. The van der Waals surface area contributed by atoms with Crippen LogP contribution in [0.25, 0.3) is 0 Å². The SMILES string of the molecule is Cl.O=C(CC1CCCN1)Nc1nc2c(s1)COCC2. The number of nitrogens with zero attached hydrogens (tertiary/aromatic N) is 1. The molecular formula is C12H18ClN3O2S. The Balaban J connectivity index is 0.00000133. The third-order valence-corrected chi connectivity index (χ3v) is 4.32. The highest BCUT2D eigenvalue weighted by molar-refractivity contribution is 7.15. The van der Waals surface area contributed by atoms with Gasteiger partial charge in [0.15, 0.2) is 5.13 Å². The highest BCUT2D eigenvalue weighted by Crippen LogP contribution is 2.27. The Morgan fingerprint density at radius 3 is 3.21 bits per heavy atom. The van der Waals surface area contributed by atoms with Crippen molar-refractivity contribution in [3.8, 4) is 0 Å².